The molecule has 0 radical (unpaired) electrons. The molecule has 2 heterocycles. The van der Waals surface area contributed by atoms with Crippen molar-refractivity contribution in [3.63, 3.8) is 0 Å². The highest BCUT2D eigenvalue weighted by Crippen LogP contribution is 2.22. The molecular weight excluding hydrogens is 414 g/mol. The van der Waals surface area contributed by atoms with E-state index in [0.29, 0.717) is 18.5 Å². The number of benzene rings is 1. The predicted octanol–water partition coefficient (Wildman–Crippen LogP) is 0.603. The Bertz CT molecular complexity index is 1150. The van der Waals surface area contributed by atoms with Gasteiger partial charge in [-0.2, -0.15) is 5.10 Å². The molecule has 1 aliphatic rings. The summed E-state index contributed by atoms with van der Waals surface area (Å²) in [5, 5.41) is 18.1. The van der Waals surface area contributed by atoms with Gasteiger partial charge in [-0.3, -0.25) is 19.7 Å². The first-order valence-corrected chi connectivity index (χ1v) is 11.0. The zero-order valence-electron chi connectivity index (χ0n) is 16.4. The second kappa shape index (κ2) is 8.32. The molecule has 1 aliphatic heterocycles. The summed E-state index contributed by atoms with van der Waals surface area (Å²) in [7, 11) is -3.29. The number of nitro benzene ring substituents is 1. The molecule has 0 spiro atoms. The lowest BCUT2D eigenvalue weighted by Crippen LogP contribution is -2.47. The van der Waals surface area contributed by atoms with Crippen LogP contribution < -0.4 is 10.7 Å². The number of carbonyl (C=O) groups excluding carboxylic acids is 1. The number of rotatable bonds is 5. The lowest BCUT2D eigenvalue weighted by atomic mass is 10.1. The van der Waals surface area contributed by atoms with Crippen molar-refractivity contribution in [3.8, 4) is 5.69 Å². The van der Waals surface area contributed by atoms with Crippen molar-refractivity contribution in [1.29, 1.82) is 0 Å². The molecule has 1 saturated heterocycles. The second-order valence-electron chi connectivity index (χ2n) is 7.07. The zero-order valence-corrected chi connectivity index (χ0v) is 17.3. The van der Waals surface area contributed by atoms with E-state index in [4.69, 9.17) is 0 Å². The fourth-order valence-corrected chi connectivity index (χ4v) is 4.21. The van der Waals surface area contributed by atoms with Crippen LogP contribution in [0, 0.1) is 17.0 Å². The van der Waals surface area contributed by atoms with Crippen LogP contribution in [0.25, 0.3) is 5.69 Å². The summed E-state index contributed by atoms with van der Waals surface area (Å²) in [4.78, 5) is 35.8. The van der Waals surface area contributed by atoms with Crippen molar-refractivity contribution >= 4 is 21.6 Å². The maximum Gasteiger partial charge on any atom is 0.294 e. The van der Waals surface area contributed by atoms with Gasteiger partial charge in [-0.25, -0.2) is 17.4 Å². The average molecular weight is 435 g/mol. The molecule has 12 heteroatoms. The van der Waals surface area contributed by atoms with Gasteiger partial charge in [0.25, 0.3) is 11.6 Å². The van der Waals surface area contributed by atoms with Gasteiger partial charge in [0.1, 0.15) is 5.69 Å². The van der Waals surface area contributed by atoms with Crippen molar-refractivity contribution in [3.05, 3.63) is 62.1 Å². The van der Waals surface area contributed by atoms with Gasteiger partial charge in [-0.1, -0.05) is 12.1 Å². The lowest BCUT2D eigenvalue weighted by molar-refractivity contribution is -0.384. The SMILES string of the molecule is Cc1cc(=O)c(C(=O)NC2CCN(S(C)(=O)=O)CC2)nn1-c1ccccc1[N+](=O)[O-]. The highest BCUT2D eigenvalue weighted by molar-refractivity contribution is 7.88. The Hall–Kier alpha value is -3.12. The van der Waals surface area contributed by atoms with E-state index in [1.165, 1.54) is 33.3 Å². The van der Waals surface area contributed by atoms with Crippen LogP contribution in [0.2, 0.25) is 0 Å². The summed E-state index contributed by atoms with van der Waals surface area (Å²) in [5.74, 6) is -0.704. The van der Waals surface area contributed by atoms with Gasteiger partial charge in [0.2, 0.25) is 15.5 Å². The number of carbonyl (C=O) groups is 1. The molecular formula is C18H21N5O6S. The van der Waals surface area contributed by atoms with E-state index < -0.39 is 26.3 Å². The number of nitro groups is 1. The zero-order chi connectivity index (χ0) is 22.1. The van der Waals surface area contributed by atoms with Crippen LogP contribution in [0.3, 0.4) is 0 Å². The third kappa shape index (κ3) is 4.54. The third-order valence-electron chi connectivity index (χ3n) is 4.89. The summed E-state index contributed by atoms with van der Waals surface area (Å²) >= 11 is 0. The van der Waals surface area contributed by atoms with Crippen molar-refractivity contribution in [1.82, 2.24) is 19.4 Å². The Balaban J connectivity index is 1.86. The highest BCUT2D eigenvalue weighted by Gasteiger charge is 2.27. The number of nitrogens with one attached hydrogen (secondary N) is 1. The molecule has 3 rings (SSSR count). The molecule has 30 heavy (non-hydrogen) atoms. The van der Waals surface area contributed by atoms with Gasteiger partial charge in [0, 0.05) is 37.0 Å². The van der Waals surface area contributed by atoms with Crippen LogP contribution in [0.5, 0.6) is 0 Å². The molecule has 2 aromatic rings. The molecule has 0 saturated carbocycles. The molecule has 0 bridgehead atoms. The summed E-state index contributed by atoms with van der Waals surface area (Å²) in [5.41, 5.74) is -0.725. The monoisotopic (exact) mass is 435 g/mol. The van der Waals surface area contributed by atoms with E-state index in [2.05, 4.69) is 10.4 Å². The van der Waals surface area contributed by atoms with Crippen LogP contribution in [-0.2, 0) is 10.0 Å². The van der Waals surface area contributed by atoms with E-state index in [1.54, 1.807) is 13.0 Å². The number of sulfonamides is 1. The van der Waals surface area contributed by atoms with Crippen LogP contribution in [0.15, 0.2) is 35.1 Å². The van der Waals surface area contributed by atoms with E-state index in [9.17, 15) is 28.1 Å². The first-order chi connectivity index (χ1) is 14.1. The molecule has 11 nitrogen and oxygen atoms in total. The molecule has 0 atom stereocenters. The van der Waals surface area contributed by atoms with Crippen molar-refractivity contribution in [2.24, 2.45) is 0 Å². The Kier molecular flexibility index (Phi) is 5.99. The number of amides is 1. The quantitative estimate of drug-likeness (QED) is 0.535. The minimum Gasteiger partial charge on any atom is -0.348 e. The number of nitrogens with zero attached hydrogens (tertiary/aromatic N) is 4. The second-order valence-corrected chi connectivity index (χ2v) is 9.05. The average Bonchev–Trinajstić information content (AvgIpc) is 2.67. The van der Waals surface area contributed by atoms with E-state index in [-0.39, 0.29) is 36.2 Å². The number of para-hydroxylation sites is 2. The van der Waals surface area contributed by atoms with Gasteiger partial charge in [-0.15, -0.1) is 0 Å². The lowest BCUT2D eigenvalue weighted by Gasteiger charge is -2.30. The van der Waals surface area contributed by atoms with Crippen molar-refractivity contribution in [2.75, 3.05) is 19.3 Å². The van der Waals surface area contributed by atoms with Gasteiger partial charge >= 0.3 is 0 Å². The Morgan fingerprint density at radius 3 is 2.50 bits per heavy atom. The standard InChI is InChI=1S/C18H21N5O6S/c1-12-11-16(24)17(20-22(12)14-5-3-4-6-15(14)23(26)27)18(25)19-13-7-9-21(10-8-13)30(2,28)29/h3-6,11,13H,7-10H2,1-2H3,(H,19,25). The Morgan fingerprint density at radius 2 is 1.90 bits per heavy atom. The minimum atomic E-state index is -3.29. The summed E-state index contributed by atoms with van der Waals surface area (Å²) in [6.07, 6.45) is 1.94. The predicted molar refractivity (Wildman–Crippen MR) is 108 cm³/mol. The largest absolute Gasteiger partial charge is 0.348 e. The van der Waals surface area contributed by atoms with Crippen LogP contribution in [-0.4, -0.2) is 58.7 Å². The molecule has 0 aliphatic carbocycles. The Labute approximate surface area is 172 Å². The summed E-state index contributed by atoms with van der Waals surface area (Å²) in [6.45, 7) is 2.10. The molecule has 1 fully saturated rings. The molecule has 1 N–H and O–H groups in total. The number of hydrogen-bond donors (Lipinski definition) is 1. The number of aryl methyl sites for hydroxylation is 1. The maximum atomic E-state index is 12.7. The van der Waals surface area contributed by atoms with E-state index in [1.807, 2.05) is 0 Å². The molecule has 1 aromatic heterocycles. The third-order valence-corrected chi connectivity index (χ3v) is 6.19. The van der Waals surface area contributed by atoms with Crippen LogP contribution >= 0.6 is 0 Å². The normalized spacial score (nSPS) is 15.7. The van der Waals surface area contributed by atoms with E-state index in [0.717, 1.165) is 6.26 Å². The number of piperidine rings is 1. The van der Waals surface area contributed by atoms with Gasteiger partial charge < -0.3 is 5.32 Å². The number of aromatic nitrogens is 2. The molecule has 1 aromatic carbocycles. The van der Waals surface area contributed by atoms with E-state index >= 15 is 0 Å². The van der Waals surface area contributed by atoms with Crippen molar-refractivity contribution < 1.29 is 18.1 Å². The van der Waals surface area contributed by atoms with Gasteiger partial charge in [0.15, 0.2) is 5.69 Å². The maximum absolute atomic E-state index is 12.7. The van der Waals surface area contributed by atoms with Crippen LogP contribution in [0.4, 0.5) is 5.69 Å². The summed E-state index contributed by atoms with van der Waals surface area (Å²) < 4.78 is 25.7. The first kappa shape index (κ1) is 21.6. The number of hydrogen-bond acceptors (Lipinski definition) is 7. The summed E-state index contributed by atoms with van der Waals surface area (Å²) in [6, 6.07) is 6.78. The molecule has 1 amide bonds. The topological polar surface area (TPSA) is 145 Å². The minimum absolute atomic E-state index is 0.135. The molecule has 0 unspecified atom stereocenters. The smallest absolute Gasteiger partial charge is 0.294 e. The molecule has 160 valence electrons. The fourth-order valence-electron chi connectivity index (χ4n) is 3.33. The van der Waals surface area contributed by atoms with Gasteiger partial charge in [0.05, 0.1) is 11.2 Å². The fraction of sp³-hybridized carbons (Fsp3) is 0.389. The Morgan fingerprint density at radius 1 is 1.27 bits per heavy atom. The van der Waals surface area contributed by atoms with Crippen LogP contribution in [0.1, 0.15) is 29.0 Å². The van der Waals surface area contributed by atoms with Crippen molar-refractivity contribution in [2.45, 2.75) is 25.8 Å². The van der Waals surface area contributed by atoms with Gasteiger partial charge in [-0.05, 0) is 25.8 Å². The highest BCUT2D eigenvalue weighted by atomic mass is 32.2. The first-order valence-electron chi connectivity index (χ1n) is 9.18.